The molecule has 0 saturated carbocycles. The largest absolute Gasteiger partial charge is 2.00 e. The Labute approximate surface area is 323 Å². The molecule has 3 heterocycles. The Morgan fingerprint density at radius 3 is 2.17 bits per heavy atom. The third-order valence-corrected chi connectivity index (χ3v) is 10.1. The molecule has 0 spiro atoms. The third kappa shape index (κ3) is 6.76. The Bertz CT molecular complexity index is 2400. The van der Waals surface area contributed by atoms with Crippen molar-refractivity contribution in [2.24, 2.45) is 0 Å². The van der Waals surface area contributed by atoms with Crippen molar-refractivity contribution in [3.05, 3.63) is 130 Å². The van der Waals surface area contributed by atoms with Gasteiger partial charge in [-0.05, 0) is 96.5 Å². The molecule has 0 aliphatic heterocycles. The molecule has 0 radical (unpaired) electrons. The maximum Gasteiger partial charge on any atom is 2.00 e. The third-order valence-electron chi connectivity index (χ3n) is 10.1. The molecule has 7 aromatic rings. The van der Waals surface area contributed by atoms with E-state index in [0.717, 1.165) is 63.1 Å². The van der Waals surface area contributed by atoms with Gasteiger partial charge in [-0.3, -0.25) is 4.68 Å². The number of aromatic nitrogens is 4. The van der Waals surface area contributed by atoms with Gasteiger partial charge in [-0.25, -0.2) is 4.98 Å². The first-order valence-corrected chi connectivity index (χ1v) is 18.2. The van der Waals surface area contributed by atoms with Gasteiger partial charge in [0.1, 0.15) is 5.82 Å². The number of nitrogens with zero attached hydrogens (tertiary/aromatic N) is 4. The van der Waals surface area contributed by atoms with E-state index in [4.69, 9.17) is 14.8 Å². The topological polar surface area (TPSA) is 44.9 Å². The minimum absolute atomic E-state index is 0. The molecule has 0 saturated heterocycles. The second-order valence-corrected chi connectivity index (χ2v) is 15.1. The van der Waals surface area contributed by atoms with E-state index in [0.29, 0.717) is 11.5 Å². The molecule has 0 N–H and O–H groups in total. The van der Waals surface area contributed by atoms with Crippen LogP contribution in [-0.2, 0) is 39.3 Å². The van der Waals surface area contributed by atoms with Gasteiger partial charge in [0.25, 0.3) is 0 Å². The van der Waals surface area contributed by atoms with Gasteiger partial charge in [0.2, 0.25) is 0 Å². The second-order valence-electron chi connectivity index (χ2n) is 15.1. The molecule has 0 aliphatic carbocycles. The Balaban J connectivity index is 0.00000464. The van der Waals surface area contributed by atoms with Gasteiger partial charge in [0.05, 0.1) is 5.69 Å². The Hall–Kier alpha value is -4.47. The van der Waals surface area contributed by atoms with Crippen LogP contribution in [-0.4, -0.2) is 19.3 Å². The van der Waals surface area contributed by atoms with Gasteiger partial charge in [-0.15, -0.1) is 41.3 Å². The summed E-state index contributed by atoms with van der Waals surface area (Å²) in [6.45, 7) is 22.1. The standard InChI is InChI=1S/C46H48N4O.Pt/c1-11-32-21-29(5)22-33(12-2)45(32)44-30(6)48-50(31(44)7)36-23-34(28(3)4)24-38(26-36)51-37-17-18-40-39-15-13-14-16-41(39)49(42(40)27-37)43-25-35(19-20-47-43)46(8,9)10;/h13-25,28H,11-12H2,1-10H3;/q-2;+2. The number of hydrogen-bond acceptors (Lipinski definition) is 3. The summed E-state index contributed by atoms with van der Waals surface area (Å²) in [5.41, 5.74) is 13.9. The fourth-order valence-electron chi connectivity index (χ4n) is 7.41. The van der Waals surface area contributed by atoms with Crippen molar-refractivity contribution in [2.45, 2.75) is 93.4 Å². The summed E-state index contributed by atoms with van der Waals surface area (Å²) in [5.74, 6) is 2.40. The molecular weight excluding hydrogens is 820 g/mol. The minimum atomic E-state index is -0.00758. The summed E-state index contributed by atoms with van der Waals surface area (Å²) in [7, 11) is 0. The van der Waals surface area contributed by atoms with E-state index in [1.165, 1.54) is 33.4 Å². The van der Waals surface area contributed by atoms with Crippen molar-refractivity contribution < 1.29 is 25.8 Å². The quantitative estimate of drug-likeness (QED) is 0.143. The van der Waals surface area contributed by atoms with E-state index in [-0.39, 0.29) is 32.4 Å². The Kier molecular flexibility index (Phi) is 10.4. The zero-order chi connectivity index (χ0) is 36.2. The number of hydrogen-bond donors (Lipinski definition) is 0. The fraction of sp³-hybridized carbons (Fsp3) is 0.304. The van der Waals surface area contributed by atoms with Gasteiger partial charge < -0.3 is 9.30 Å². The molecule has 5 nitrogen and oxygen atoms in total. The Morgan fingerprint density at radius 2 is 1.50 bits per heavy atom. The fourth-order valence-corrected chi connectivity index (χ4v) is 7.41. The van der Waals surface area contributed by atoms with E-state index >= 15 is 0 Å². The monoisotopic (exact) mass is 867 g/mol. The molecule has 0 amide bonds. The summed E-state index contributed by atoms with van der Waals surface area (Å²) >= 11 is 0. The smallest absolute Gasteiger partial charge is 0.509 e. The molecule has 0 bridgehead atoms. The van der Waals surface area contributed by atoms with E-state index in [1.54, 1.807) is 0 Å². The van der Waals surface area contributed by atoms with Crippen molar-refractivity contribution in [1.82, 2.24) is 19.3 Å². The van der Waals surface area contributed by atoms with Crippen molar-refractivity contribution in [1.29, 1.82) is 0 Å². The molecular formula is C46H48N4OPt. The van der Waals surface area contributed by atoms with Gasteiger partial charge in [-0.1, -0.05) is 89.9 Å². The summed E-state index contributed by atoms with van der Waals surface area (Å²) in [6.07, 6.45) is 3.85. The molecule has 0 aliphatic rings. The first-order valence-electron chi connectivity index (χ1n) is 18.2. The molecule has 0 unspecified atom stereocenters. The first-order chi connectivity index (χ1) is 24.4. The van der Waals surface area contributed by atoms with Crippen LogP contribution in [0.15, 0.2) is 79.0 Å². The zero-order valence-electron chi connectivity index (χ0n) is 32.0. The molecule has 52 heavy (non-hydrogen) atoms. The number of pyridine rings is 1. The van der Waals surface area contributed by atoms with Crippen LogP contribution < -0.4 is 4.74 Å². The number of benzene rings is 4. The van der Waals surface area contributed by atoms with Crippen LogP contribution in [0.4, 0.5) is 0 Å². The molecule has 0 atom stereocenters. The van der Waals surface area contributed by atoms with Crippen molar-refractivity contribution in [3.8, 4) is 34.1 Å². The van der Waals surface area contributed by atoms with Crippen LogP contribution in [0.2, 0.25) is 0 Å². The molecule has 0 fully saturated rings. The Morgan fingerprint density at radius 1 is 0.788 bits per heavy atom. The van der Waals surface area contributed by atoms with Crippen LogP contribution in [0.1, 0.15) is 93.6 Å². The molecule has 6 heteroatoms. The average molecular weight is 868 g/mol. The van der Waals surface area contributed by atoms with E-state index in [9.17, 15) is 0 Å². The minimum Gasteiger partial charge on any atom is -0.509 e. The number of para-hydroxylation sites is 1. The van der Waals surface area contributed by atoms with Gasteiger partial charge in [-0.2, -0.15) is 11.2 Å². The number of ether oxygens (including phenoxy) is 1. The van der Waals surface area contributed by atoms with E-state index in [2.05, 4.69) is 153 Å². The van der Waals surface area contributed by atoms with E-state index < -0.39 is 0 Å². The van der Waals surface area contributed by atoms with Gasteiger partial charge in [0, 0.05) is 34.5 Å². The molecule has 268 valence electrons. The average Bonchev–Trinajstić information content (AvgIpc) is 3.59. The maximum absolute atomic E-state index is 6.67. The van der Waals surface area contributed by atoms with Crippen LogP contribution in [0.25, 0.3) is 44.4 Å². The van der Waals surface area contributed by atoms with E-state index in [1.807, 2.05) is 16.9 Å². The zero-order valence-corrected chi connectivity index (χ0v) is 34.3. The molecule has 7 rings (SSSR count). The maximum atomic E-state index is 6.67. The van der Waals surface area contributed by atoms with Gasteiger partial charge in [0.15, 0.2) is 0 Å². The summed E-state index contributed by atoms with van der Waals surface area (Å²) < 4.78 is 10.9. The molecule has 3 aromatic heterocycles. The number of fused-ring (bicyclic) bond motifs is 3. The summed E-state index contributed by atoms with van der Waals surface area (Å²) in [5, 5.41) is 7.38. The summed E-state index contributed by atoms with van der Waals surface area (Å²) in [6, 6.07) is 33.0. The normalized spacial score (nSPS) is 11.8. The SMILES string of the molecule is CCc1cc(C)cc(CC)c1-c1c(C)nn(-c2[c-]c(Oc3[c-]c4c(cc3)c3ccccc3n4-c3cc(C(C)(C)C)ccn3)cc(C(C)C)c2)c1C.[Pt+2]. The summed E-state index contributed by atoms with van der Waals surface area (Å²) in [4.78, 5) is 4.84. The van der Waals surface area contributed by atoms with Crippen LogP contribution in [0, 0.1) is 32.9 Å². The van der Waals surface area contributed by atoms with Crippen molar-refractivity contribution in [3.63, 3.8) is 0 Å². The number of aryl methyl sites for hydroxylation is 4. The predicted octanol–water partition coefficient (Wildman–Crippen LogP) is 11.9. The van der Waals surface area contributed by atoms with Crippen molar-refractivity contribution >= 4 is 21.8 Å². The second kappa shape index (κ2) is 14.5. The van der Waals surface area contributed by atoms with Crippen LogP contribution in [0.3, 0.4) is 0 Å². The predicted molar refractivity (Wildman–Crippen MR) is 211 cm³/mol. The first kappa shape index (κ1) is 37.3. The van der Waals surface area contributed by atoms with Crippen molar-refractivity contribution in [2.75, 3.05) is 0 Å². The van der Waals surface area contributed by atoms with Crippen LogP contribution >= 0.6 is 0 Å². The number of rotatable bonds is 8. The molecule has 4 aromatic carbocycles. The van der Waals surface area contributed by atoms with Crippen LogP contribution in [0.5, 0.6) is 11.5 Å². The van der Waals surface area contributed by atoms with Gasteiger partial charge >= 0.3 is 21.1 Å².